The van der Waals surface area contributed by atoms with E-state index in [1.54, 1.807) is 0 Å². The van der Waals surface area contributed by atoms with Crippen molar-refractivity contribution in [1.82, 2.24) is 9.97 Å². The molecule has 4 heteroatoms. The van der Waals surface area contributed by atoms with Crippen LogP contribution in [0.4, 0.5) is 11.5 Å². The average Bonchev–Trinajstić information content (AvgIpc) is 2.49. The number of nitrogens with zero attached hydrogens (tertiary/aromatic N) is 1. The second-order valence-electron chi connectivity index (χ2n) is 2.59. The molecule has 2 heterocycles. The highest BCUT2D eigenvalue weighted by Crippen LogP contribution is 2.20. The summed E-state index contributed by atoms with van der Waals surface area (Å²) in [5.41, 5.74) is 7.35. The fourth-order valence-corrected chi connectivity index (χ4v) is 1.20. The van der Waals surface area contributed by atoms with E-state index in [2.05, 4.69) is 15.3 Å². The Labute approximate surface area is 69.8 Å². The van der Waals surface area contributed by atoms with E-state index < -0.39 is 0 Å². The molecule has 2 rings (SSSR count). The number of H-pyrrole nitrogens is 1. The van der Waals surface area contributed by atoms with Gasteiger partial charge in [0.1, 0.15) is 11.5 Å². The van der Waals surface area contributed by atoms with E-state index in [0.29, 0.717) is 5.82 Å². The van der Waals surface area contributed by atoms with Crippen molar-refractivity contribution in [3.63, 3.8) is 0 Å². The molecule has 0 aliphatic rings. The first kappa shape index (κ1) is 6.97. The predicted octanol–water partition coefficient (Wildman–Crippen LogP) is 1.19. The minimum Gasteiger partial charge on any atom is -0.385 e. The van der Waals surface area contributed by atoms with E-state index in [9.17, 15) is 0 Å². The maximum atomic E-state index is 5.66. The summed E-state index contributed by atoms with van der Waals surface area (Å²) in [5.74, 6) is 0.521. The number of nitrogens with two attached hydrogens (primary N) is 1. The molecule has 0 amide bonds. The molecule has 0 aliphatic carbocycles. The Morgan fingerprint density at radius 2 is 2.42 bits per heavy atom. The van der Waals surface area contributed by atoms with Gasteiger partial charge in [0.2, 0.25) is 0 Å². The summed E-state index contributed by atoms with van der Waals surface area (Å²) in [6.45, 7) is 0. The van der Waals surface area contributed by atoms with E-state index in [1.807, 2.05) is 25.4 Å². The van der Waals surface area contributed by atoms with Gasteiger partial charge in [-0.2, -0.15) is 0 Å². The molecule has 2 aromatic heterocycles. The summed E-state index contributed by atoms with van der Waals surface area (Å²) in [6, 6.07) is 3.93. The molecule has 0 atom stereocenters. The van der Waals surface area contributed by atoms with Gasteiger partial charge in [-0.05, 0) is 12.1 Å². The highest BCUT2D eigenvalue weighted by molar-refractivity contribution is 5.83. The number of rotatable bonds is 1. The fourth-order valence-electron chi connectivity index (χ4n) is 1.20. The van der Waals surface area contributed by atoms with Gasteiger partial charge < -0.3 is 16.0 Å². The van der Waals surface area contributed by atoms with Crippen molar-refractivity contribution in [2.75, 3.05) is 18.1 Å². The number of hydrogen-bond acceptors (Lipinski definition) is 3. The molecule has 0 saturated heterocycles. The minimum absolute atomic E-state index is 0.521. The van der Waals surface area contributed by atoms with Crippen molar-refractivity contribution in [3.05, 3.63) is 18.3 Å². The van der Waals surface area contributed by atoms with Gasteiger partial charge in [-0.15, -0.1) is 0 Å². The maximum absolute atomic E-state index is 5.66. The fraction of sp³-hybridized carbons (Fsp3) is 0.125. The van der Waals surface area contributed by atoms with E-state index >= 15 is 0 Å². The number of hydrogen-bond donors (Lipinski definition) is 3. The van der Waals surface area contributed by atoms with E-state index in [-0.39, 0.29) is 0 Å². The lowest BCUT2D eigenvalue weighted by Crippen LogP contribution is -1.98. The van der Waals surface area contributed by atoms with Gasteiger partial charge in [-0.3, -0.25) is 0 Å². The predicted molar refractivity (Wildman–Crippen MR) is 50.1 cm³/mol. The highest BCUT2D eigenvalue weighted by atomic mass is 15.0. The second-order valence-corrected chi connectivity index (χ2v) is 2.59. The van der Waals surface area contributed by atoms with Crippen LogP contribution >= 0.6 is 0 Å². The zero-order valence-electron chi connectivity index (χ0n) is 6.76. The van der Waals surface area contributed by atoms with Crippen LogP contribution in [0.2, 0.25) is 0 Å². The number of aromatic amines is 1. The third-order valence-corrected chi connectivity index (χ3v) is 1.83. The van der Waals surface area contributed by atoms with Crippen LogP contribution in [-0.2, 0) is 0 Å². The zero-order valence-corrected chi connectivity index (χ0v) is 6.76. The minimum atomic E-state index is 0.521. The van der Waals surface area contributed by atoms with Gasteiger partial charge in [0.25, 0.3) is 0 Å². The number of aromatic nitrogens is 2. The maximum Gasteiger partial charge on any atom is 0.149 e. The molecule has 4 N–H and O–H groups in total. The first-order valence-electron chi connectivity index (χ1n) is 3.72. The molecule has 4 nitrogen and oxygen atoms in total. The number of anilines is 2. The largest absolute Gasteiger partial charge is 0.385 e. The molecule has 0 saturated carbocycles. The first-order valence-corrected chi connectivity index (χ1v) is 3.72. The molecule has 0 bridgehead atoms. The lowest BCUT2D eigenvalue weighted by atomic mass is 10.3. The quantitative estimate of drug-likeness (QED) is 0.590. The number of fused-ring (bicyclic) bond motifs is 1. The van der Waals surface area contributed by atoms with Crippen LogP contribution in [0.15, 0.2) is 18.3 Å². The molecule has 12 heavy (non-hydrogen) atoms. The van der Waals surface area contributed by atoms with Gasteiger partial charge in [0.15, 0.2) is 0 Å². The number of nitrogens with one attached hydrogen (secondary N) is 2. The van der Waals surface area contributed by atoms with E-state index in [0.717, 1.165) is 16.7 Å². The normalized spacial score (nSPS) is 10.4. The Balaban J connectivity index is 2.73. The van der Waals surface area contributed by atoms with Crippen molar-refractivity contribution >= 4 is 22.5 Å². The van der Waals surface area contributed by atoms with Gasteiger partial charge in [-0.1, -0.05) is 0 Å². The van der Waals surface area contributed by atoms with Crippen LogP contribution in [0.5, 0.6) is 0 Å². The monoisotopic (exact) mass is 162 g/mol. The molecule has 0 unspecified atom stereocenters. The molecular formula is C8H10N4. The molecule has 0 fully saturated rings. The SMILES string of the molecule is CNc1cc2cc[nH]c2nc1N. The second kappa shape index (κ2) is 2.41. The van der Waals surface area contributed by atoms with Crippen LogP contribution in [0.25, 0.3) is 11.0 Å². The molecule has 2 aromatic rings. The van der Waals surface area contributed by atoms with Crippen LogP contribution < -0.4 is 11.1 Å². The van der Waals surface area contributed by atoms with Crippen LogP contribution in [0, 0.1) is 0 Å². The van der Waals surface area contributed by atoms with Crippen molar-refractivity contribution < 1.29 is 0 Å². The summed E-state index contributed by atoms with van der Waals surface area (Å²) in [7, 11) is 1.83. The van der Waals surface area contributed by atoms with Crippen molar-refractivity contribution in [2.24, 2.45) is 0 Å². The first-order chi connectivity index (χ1) is 5.81. The summed E-state index contributed by atoms with van der Waals surface area (Å²) in [5, 5.41) is 4.04. The summed E-state index contributed by atoms with van der Waals surface area (Å²) in [6.07, 6.45) is 1.84. The van der Waals surface area contributed by atoms with E-state index in [1.165, 1.54) is 0 Å². The molecule has 0 spiro atoms. The van der Waals surface area contributed by atoms with Gasteiger partial charge in [0.05, 0.1) is 5.69 Å². The Morgan fingerprint density at radius 3 is 3.17 bits per heavy atom. The van der Waals surface area contributed by atoms with Gasteiger partial charge >= 0.3 is 0 Å². The number of pyridine rings is 1. The Kier molecular flexibility index (Phi) is 1.40. The van der Waals surface area contributed by atoms with Crippen molar-refractivity contribution in [1.29, 1.82) is 0 Å². The van der Waals surface area contributed by atoms with Gasteiger partial charge in [-0.25, -0.2) is 4.98 Å². The van der Waals surface area contributed by atoms with Crippen LogP contribution in [0.1, 0.15) is 0 Å². The van der Waals surface area contributed by atoms with Crippen LogP contribution in [0.3, 0.4) is 0 Å². The molecule has 0 aliphatic heterocycles. The lowest BCUT2D eigenvalue weighted by molar-refractivity contribution is 1.32. The van der Waals surface area contributed by atoms with Crippen molar-refractivity contribution in [3.8, 4) is 0 Å². The zero-order chi connectivity index (χ0) is 8.55. The van der Waals surface area contributed by atoms with Crippen molar-refractivity contribution in [2.45, 2.75) is 0 Å². The standard InChI is InChI=1S/C8H10N4/c1-10-6-4-5-2-3-11-8(5)12-7(6)9/h2-4,10H,1H3,(H3,9,11,12). The van der Waals surface area contributed by atoms with Gasteiger partial charge in [0, 0.05) is 18.6 Å². The Bertz CT molecular complexity index is 404. The lowest BCUT2D eigenvalue weighted by Gasteiger charge is -2.02. The Morgan fingerprint density at radius 1 is 1.58 bits per heavy atom. The molecule has 62 valence electrons. The van der Waals surface area contributed by atoms with E-state index in [4.69, 9.17) is 5.73 Å². The third-order valence-electron chi connectivity index (χ3n) is 1.83. The smallest absolute Gasteiger partial charge is 0.149 e. The summed E-state index contributed by atoms with van der Waals surface area (Å²) < 4.78 is 0. The average molecular weight is 162 g/mol. The molecular weight excluding hydrogens is 152 g/mol. The highest BCUT2D eigenvalue weighted by Gasteiger charge is 2.01. The van der Waals surface area contributed by atoms with Crippen LogP contribution in [-0.4, -0.2) is 17.0 Å². The molecule has 0 aromatic carbocycles. The summed E-state index contributed by atoms with van der Waals surface area (Å²) in [4.78, 5) is 7.16. The summed E-state index contributed by atoms with van der Waals surface area (Å²) >= 11 is 0. The topological polar surface area (TPSA) is 66.7 Å². The third kappa shape index (κ3) is 0.887. The molecule has 0 radical (unpaired) electrons. The number of nitrogen functional groups attached to an aromatic ring is 1. The Hall–Kier alpha value is -1.71.